The summed E-state index contributed by atoms with van der Waals surface area (Å²) < 4.78 is 5.56. The molecule has 2 unspecified atom stereocenters. The van der Waals surface area contributed by atoms with E-state index in [2.05, 4.69) is 39.9 Å². The molecule has 1 amide bonds. The predicted molar refractivity (Wildman–Crippen MR) is 123 cm³/mol. The van der Waals surface area contributed by atoms with Gasteiger partial charge in [0.15, 0.2) is 5.96 Å². The molecule has 0 spiro atoms. The third kappa shape index (κ3) is 6.45. The van der Waals surface area contributed by atoms with Crippen molar-refractivity contribution in [3.63, 3.8) is 0 Å². The molecule has 28 heavy (non-hydrogen) atoms. The molecule has 1 heterocycles. The fourth-order valence-electron chi connectivity index (χ4n) is 4.28. The Hall–Kier alpha value is -0.610. The van der Waals surface area contributed by atoms with Crippen molar-refractivity contribution in [3.05, 3.63) is 0 Å². The topological polar surface area (TPSA) is 78.0 Å². The van der Waals surface area contributed by atoms with Gasteiger partial charge in [-0.15, -0.1) is 24.0 Å². The summed E-state index contributed by atoms with van der Waals surface area (Å²) in [6.07, 6.45) is 8.44. The fourth-order valence-corrected chi connectivity index (χ4v) is 4.28. The number of carbonyl (C=O) groups excluding carboxylic acids is 1. The zero-order valence-corrected chi connectivity index (χ0v) is 20.0. The molecule has 3 aliphatic rings. The van der Waals surface area contributed by atoms with Crippen LogP contribution < -0.4 is 16.0 Å². The number of halogens is 1. The molecule has 3 N–H and O–H groups in total. The molecule has 0 aromatic rings. The molecular weight excluding hydrogens is 469 g/mol. The standard InChI is InChI=1S/C20H37N5O2.HI/c1-21-19(22-14-20(25(2)3)9-11-27-12-10-20)24-17-6-4-5-15(13-17)18(26)23-16-7-8-16;/h15-17H,4-14H2,1-3H3,(H,23,26)(H2,21,22,24);1H. The maximum atomic E-state index is 12.4. The highest BCUT2D eigenvalue weighted by Crippen LogP contribution is 2.27. The average molecular weight is 507 g/mol. The summed E-state index contributed by atoms with van der Waals surface area (Å²) in [6.45, 7) is 2.47. The van der Waals surface area contributed by atoms with Crippen LogP contribution in [-0.4, -0.2) is 75.3 Å². The molecule has 2 saturated carbocycles. The Morgan fingerprint density at radius 1 is 1.11 bits per heavy atom. The first-order chi connectivity index (χ1) is 13.0. The first-order valence-electron chi connectivity index (χ1n) is 10.6. The molecule has 7 nitrogen and oxygen atoms in total. The van der Waals surface area contributed by atoms with E-state index < -0.39 is 0 Å². The van der Waals surface area contributed by atoms with Crippen LogP contribution in [0.3, 0.4) is 0 Å². The highest BCUT2D eigenvalue weighted by atomic mass is 127. The van der Waals surface area contributed by atoms with E-state index in [-0.39, 0.29) is 41.3 Å². The molecule has 0 aromatic heterocycles. The van der Waals surface area contributed by atoms with E-state index in [0.29, 0.717) is 12.1 Å². The van der Waals surface area contributed by atoms with Crippen LogP contribution in [-0.2, 0) is 9.53 Å². The van der Waals surface area contributed by atoms with E-state index in [1.165, 1.54) is 0 Å². The largest absolute Gasteiger partial charge is 0.381 e. The number of aliphatic imine (C=N–C) groups is 1. The number of nitrogens with zero attached hydrogens (tertiary/aromatic N) is 2. The molecule has 0 radical (unpaired) electrons. The third-order valence-corrected chi connectivity index (χ3v) is 6.49. The molecule has 2 aliphatic carbocycles. The second-order valence-corrected chi connectivity index (χ2v) is 8.64. The maximum absolute atomic E-state index is 12.4. The Bertz CT molecular complexity index is 533. The van der Waals surface area contributed by atoms with Crippen molar-refractivity contribution in [2.45, 2.75) is 69.0 Å². The van der Waals surface area contributed by atoms with Crippen molar-refractivity contribution in [3.8, 4) is 0 Å². The van der Waals surface area contributed by atoms with Crippen LogP contribution in [0.1, 0.15) is 51.4 Å². The number of likely N-dealkylation sites (N-methyl/N-ethyl adjacent to an activating group) is 1. The summed E-state index contributed by atoms with van der Waals surface area (Å²) in [6, 6.07) is 0.756. The Morgan fingerprint density at radius 2 is 1.82 bits per heavy atom. The van der Waals surface area contributed by atoms with Crippen LogP contribution >= 0.6 is 24.0 Å². The summed E-state index contributed by atoms with van der Waals surface area (Å²) >= 11 is 0. The number of rotatable bonds is 6. The van der Waals surface area contributed by atoms with Gasteiger partial charge >= 0.3 is 0 Å². The van der Waals surface area contributed by atoms with E-state index in [4.69, 9.17) is 4.74 Å². The lowest BCUT2D eigenvalue weighted by Gasteiger charge is -2.43. The lowest BCUT2D eigenvalue weighted by molar-refractivity contribution is -0.126. The average Bonchev–Trinajstić information content (AvgIpc) is 3.50. The van der Waals surface area contributed by atoms with Gasteiger partial charge in [0.05, 0.1) is 0 Å². The van der Waals surface area contributed by atoms with Crippen molar-refractivity contribution >= 4 is 35.8 Å². The van der Waals surface area contributed by atoms with Gasteiger partial charge in [0.1, 0.15) is 0 Å². The molecular formula is C20H38IN5O2. The molecule has 0 bridgehead atoms. The lowest BCUT2D eigenvalue weighted by atomic mass is 9.85. The highest BCUT2D eigenvalue weighted by molar-refractivity contribution is 14.0. The summed E-state index contributed by atoms with van der Waals surface area (Å²) in [5, 5.41) is 10.3. The number of hydrogen-bond acceptors (Lipinski definition) is 4. The van der Waals surface area contributed by atoms with E-state index in [1.807, 2.05) is 7.05 Å². The summed E-state index contributed by atoms with van der Waals surface area (Å²) in [7, 11) is 6.11. The first-order valence-corrected chi connectivity index (χ1v) is 10.6. The Kier molecular flexibility index (Phi) is 9.27. The minimum absolute atomic E-state index is 0. The molecule has 0 aromatic carbocycles. The van der Waals surface area contributed by atoms with E-state index >= 15 is 0 Å². The van der Waals surface area contributed by atoms with Crippen LogP contribution in [0.4, 0.5) is 0 Å². The van der Waals surface area contributed by atoms with Crippen molar-refractivity contribution in [1.29, 1.82) is 0 Å². The Morgan fingerprint density at radius 3 is 2.43 bits per heavy atom. The van der Waals surface area contributed by atoms with Gasteiger partial charge in [-0.1, -0.05) is 6.42 Å². The first kappa shape index (κ1) is 23.7. The number of guanidine groups is 1. The van der Waals surface area contributed by atoms with Gasteiger partial charge in [0.2, 0.25) is 5.91 Å². The summed E-state index contributed by atoms with van der Waals surface area (Å²) in [5.74, 6) is 1.23. The van der Waals surface area contributed by atoms with Crippen LogP contribution in [0, 0.1) is 5.92 Å². The molecule has 3 fully saturated rings. The van der Waals surface area contributed by atoms with Crippen LogP contribution in [0.25, 0.3) is 0 Å². The monoisotopic (exact) mass is 507 g/mol. The van der Waals surface area contributed by atoms with E-state index in [9.17, 15) is 4.79 Å². The number of carbonyl (C=O) groups is 1. The lowest BCUT2D eigenvalue weighted by Crippen LogP contribution is -2.58. The minimum atomic E-state index is 0. The quantitative estimate of drug-likeness (QED) is 0.290. The van der Waals surface area contributed by atoms with E-state index in [1.54, 1.807) is 0 Å². The molecule has 162 valence electrons. The molecule has 1 aliphatic heterocycles. The third-order valence-electron chi connectivity index (χ3n) is 6.49. The maximum Gasteiger partial charge on any atom is 0.223 e. The van der Waals surface area contributed by atoms with Gasteiger partial charge in [-0.25, -0.2) is 0 Å². The van der Waals surface area contributed by atoms with Gasteiger partial charge in [-0.3, -0.25) is 9.79 Å². The Labute approximate surface area is 186 Å². The highest BCUT2D eigenvalue weighted by Gasteiger charge is 2.35. The van der Waals surface area contributed by atoms with Crippen molar-refractivity contribution < 1.29 is 9.53 Å². The Balaban J connectivity index is 0.00000280. The minimum Gasteiger partial charge on any atom is -0.381 e. The van der Waals surface area contributed by atoms with Gasteiger partial charge < -0.3 is 25.6 Å². The van der Waals surface area contributed by atoms with Crippen LogP contribution in [0.5, 0.6) is 0 Å². The summed E-state index contributed by atoms with van der Waals surface area (Å²) in [4.78, 5) is 19.1. The van der Waals surface area contributed by atoms with Crippen LogP contribution in [0.2, 0.25) is 0 Å². The second-order valence-electron chi connectivity index (χ2n) is 8.64. The van der Waals surface area contributed by atoms with Gasteiger partial charge in [-0.2, -0.15) is 0 Å². The molecule has 1 saturated heterocycles. The van der Waals surface area contributed by atoms with Gasteiger partial charge in [0, 0.05) is 50.3 Å². The smallest absolute Gasteiger partial charge is 0.223 e. The fraction of sp³-hybridized carbons (Fsp3) is 0.900. The SMILES string of the molecule is CN=C(NCC1(N(C)C)CCOCC1)NC1CCCC(C(=O)NC2CC2)C1.I. The molecule has 8 heteroatoms. The van der Waals surface area contributed by atoms with Crippen molar-refractivity contribution in [1.82, 2.24) is 20.9 Å². The van der Waals surface area contributed by atoms with Gasteiger partial charge in [0.25, 0.3) is 0 Å². The van der Waals surface area contributed by atoms with Crippen LogP contribution in [0.15, 0.2) is 4.99 Å². The summed E-state index contributed by atoms with van der Waals surface area (Å²) in [5.41, 5.74) is 0.106. The normalized spacial score (nSPS) is 27.6. The number of amides is 1. The zero-order valence-electron chi connectivity index (χ0n) is 17.6. The van der Waals surface area contributed by atoms with E-state index in [0.717, 1.165) is 77.1 Å². The van der Waals surface area contributed by atoms with Crippen molar-refractivity contribution in [2.75, 3.05) is 40.9 Å². The molecule has 2 atom stereocenters. The second kappa shape index (κ2) is 11.0. The number of ether oxygens (including phenoxy) is 1. The number of hydrogen-bond donors (Lipinski definition) is 3. The zero-order chi connectivity index (χ0) is 19.3. The van der Waals surface area contributed by atoms with Gasteiger partial charge in [-0.05, 0) is 59.0 Å². The van der Waals surface area contributed by atoms with Crippen molar-refractivity contribution in [2.24, 2.45) is 10.9 Å². The number of nitrogens with one attached hydrogen (secondary N) is 3. The predicted octanol–water partition coefficient (Wildman–Crippen LogP) is 1.72. The molecule has 3 rings (SSSR count).